The molecule has 0 saturated carbocycles. The van der Waals surface area contributed by atoms with E-state index in [0.717, 1.165) is 54.5 Å². The second-order valence-electron chi connectivity index (χ2n) is 9.73. The third kappa shape index (κ3) is 5.63. The minimum atomic E-state index is -0.466. The van der Waals surface area contributed by atoms with Gasteiger partial charge in [-0.05, 0) is 68.9 Å². The number of amides is 1. The first-order valence-corrected chi connectivity index (χ1v) is 12.7. The highest BCUT2D eigenvalue weighted by atomic mass is 16.5. The van der Waals surface area contributed by atoms with Gasteiger partial charge >= 0.3 is 0 Å². The van der Waals surface area contributed by atoms with E-state index in [1.54, 1.807) is 6.08 Å². The van der Waals surface area contributed by atoms with Crippen LogP contribution in [0, 0.1) is 5.92 Å². The number of likely N-dealkylation sites (N-methyl/N-ethyl adjacent to an activating group) is 1. The first kappa shape index (κ1) is 24.9. The van der Waals surface area contributed by atoms with Crippen LogP contribution >= 0.6 is 0 Å². The van der Waals surface area contributed by atoms with Gasteiger partial charge in [0.25, 0.3) is 0 Å². The van der Waals surface area contributed by atoms with E-state index >= 15 is 0 Å². The van der Waals surface area contributed by atoms with Crippen molar-refractivity contribution < 1.29 is 9.53 Å². The number of para-hydroxylation sites is 1. The van der Waals surface area contributed by atoms with Crippen molar-refractivity contribution in [3.63, 3.8) is 0 Å². The number of amidine groups is 1. The second-order valence-corrected chi connectivity index (χ2v) is 9.73. The lowest BCUT2D eigenvalue weighted by Crippen LogP contribution is -2.51. The zero-order chi connectivity index (χ0) is 25.8. The number of likely N-dealkylation sites (tertiary alicyclic amines) is 1. The molecule has 9 heteroatoms. The van der Waals surface area contributed by atoms with E-state index in [-0.39, 0.29) is 17.9 Å². The third-order valence-corrected chi connectivity index (χ3v) is 6.71. The number of ether oxygens (including phenoxy) is 1. The van der Waals surface area contributed by atoms with Crippen LogP contribution in [-0.2, 0) is 4.79 Å². The highest BCUT2D eigenvalue weighted by Crippen LogP contribution is 2.31. The normalized spacial score (nSPS) is 23.3. The maximum absolute atomic E-state index is 12.8. The summed E-state index contributed by atoms with van der Waals surface area (Å²) in [5.41, 5.74) is 8.22. The topological polar surface area (TPSA) is 99.1 Å². The Morgan fingerprint density at radius 1 is 1.14 bits per heavy atom. The van der Waals surface area contributed by atoms with Gasteiger partial charge in [-0.15, -0.1) is 0 Å². The average Bonchev–Trinajstić information content (AvgIpc) is 3.31. The van der Waals surface area contributed by atoms with Crippen molar-refractivity contribution in [3.8, 4) is 11.5 Å². The molecule has 0 aromatic heterocycles. The SMILES string of the molecule is CN(C)C/C=C/C(=O)N1CCCC(N2N=C(c3ccc(Oc4ccccc4)cc3)C3C2=NC=NC3N)C1. The molecular weight excluding hydrogens is 466 g/mol. The molecule has 3 aliphatic heterocycles. The number of nitrogens with zero attached hydrogens (tertiary/aromatic N) is 6. The van der Waals surface area contributed by atoms with E-state index in [1.807, 2.05) is 89.6 Å². The van der Waals surface area contributed by atoms with Crippen molar-refractivity contribution >= 4 is 23.8 Å². The molecule has 3 aliphatic rings. The fraction of sp³-hybridized carbons (Fsp3) is 0.357. The number of nitrogens with two attached hydrogens (primary N) is 1. The number of carbonyl (C=O) groups excluding carboxylic acids is 1. The maximum atomic E-state index is 12.8. The molecule has 3 unspecified atom stereocenters. The van der Waals surface area contributed by atoms with Crippen molar-refractivity contribution in [2.45, 2.75) is 25.0 Å². The Bertz CT molecular complexity index is 1220. The summed E-state index contributed by atoms with van der Waals surface area (Å²) in [5, 5.41) is 7.00. The van der Waals surface area contributed by atoms with Crippen LogP contribution in [0.3, 0.4) is 0 Å². The van der Waals surface area contributed by atoms with Crippen molar-refractivity contribution in [2.24, 2.45) is 26.7 Å². The van der Waals surface area contributed by atoms with E-state index < -0.39 is 6.17 Å². The largest absolute Gasteiger partial charge is 0.457 e. The Morgan fingerprint density at radius 3 is 2.65 bits per heavy atom. The first-order chi connectivity index (χ1) is 18.0. The van der Waals surface area contributed by atoms with Crippen LogP contribution in [0.1, 0.15) is 18.4 Å². The van der Waals surface area contributed by atoms with Gasteiger partial charge in [0, 0.05) is 25.7 Å². The summed E-state index contributed by atoms with van der Waals surface area (Å²) in [6.45, 7) is 2.06. The highest BCUT2D eigenvalue weighted by molar-refractivity contribution is 6.19. The summed E-state index contributed by atoms with van der Waals surface area (Å²) in [4.78, 5) is 25.7. The lowest BCUT2D eigenvalue weighted by molar-refractivity contribution is -0.127. The first-order valence-electron chi connectivity index (χ1n) is 12.7. The van der Waals surface area contributed by atoms with Gasteiger partial charge in [0.15, 0.2) is 0 Å². The number of aliphatic imine (C=N–C) groups is 2. The minimum absolute atomic E-state index is 0.0260. The Hall–Kier alpha value is -3.82. The molecule has 2 aromatic carbocycles. The van der Waals surface area contributed by atoms with E-state index in [0.29, 0.717) is 6.54 Å². The molecule has 1 saturated heterocycles. The maximum Gasteiger partial charge on any atom is 0.246 e. The van der Waals surface area contributed by atoms with Crippen LogP contribution in [0.2, 0.25) is 0 Å². The molecule has 0 spiro atoms. The number of rotatable bonds is 7. The number of benzene rings is 2. The van der Waals surface area contributed by atoms with Crippen LogP contribution < -0.4 is 10.5 Å². The molecule has 37 heavy (non-hydrogen) atoms. The summed E-state index contributed by atoms with van der Waals surface area (Å²) in [6.07, 6.45) is 6.46. The van der Waals surface area contributed by atoms with Crippen molar-refractivity contribution in [3.05, 3.63) is 72.3 Å². The molecule has 5 rings (SSSR count). The zero-order valence-electron chi connectivity index (χ0n) is 21.3. The van der Waals surface area contributed by atoms with Gasteiger partial charge in [-0.25, -0.2) is 10.0 Å². The Morgan fingerprint density at radius 2 is 1.89 bits per heavy atom. The predicted molar refractivity (Wildman–Crippen MR) is 146 cm³/mol. The van der Waals surface area contributed by atoms with Crippen LogP contribution in [0.5, 0.6) is 11.5 Å². The summed E-state index contributed by atoms with van der Waals surface area (Å²) in [5.74, 6) is 2.12. The molecule has 0 aliphatic carbocycles. The van der Waals surface area contributed by atoms with Crippen LogP contribution in [0.4, 0.5) is 0 Å². The third-order valence-electron chi connectivity index (χ3n) is 6.71. The van der Waals surface area contributed by atoms with Crippen molar-refractivity contribution in [1.82, 2.24) is 14.8 Å². The molecule has 1 amide bonds. The molecule has 9 nitrogen and oxygen atoms in total. The number of hydrazone groups is 1. The smallest absolute Gasteiger partial charge is 0.246 e. The van der Waals surface area contributed by atoms with Crippen LogP contribution in [0.15, 0.2) is 81.8 Å². The number of hydrogen-bond donors (Lipinski definition) is 1. The van der Waals surface area contributed by atoms with E-state index in [9.17, 15) is 4.79 Å². The molecule has 3 atom stereocenters. The monoisotopic (exact) mass is 499 g/mol. The molecular formula is C28H33N7O2. The Labute approximate surface area is 217 Å². The summed E-state index contributed by atoms with van der Waals surface area (Å²) < 4.78 is 5.95. The van der Waals surface area contributed by atoms with Crippen molar-refractivity contribution in [2.75, 3.05) is 33.7 Å². The molecule has 2 N–H and O–H groups in total. The van der Waals surface area contributed by atoms with E-state index in [2.05, 4.69) is 9.98 Å². The van der Waals surface area contributed by atoms with Crippen LogP contribution in [0.25, 0.3) is 0 Å². The predicted octanol–water partition coefficient (Wildman–Crippen LogP) is 2.95. The lowest BCUT2D eigenvalue weighted by Gasteiger charge is -2.37. The fourth-order valence-corrected chi connectivity index (χ4v) is 4.85. The number of fused-ring (bicyclic) bond motifs is 1. The summed E-state index contributed by atoms with van der Waals surface area (Å²) in [7, 11) is 3.96. The number of carbonyl (C=O) groups is 1. The van der Waals surface area contributed by atoms with E-state index in [1.165, 1.54) is 6.34 Å². The van der Waals surface area contributed by atoms with Gasteiger partial charge in [-0.2, -0.15) is 5.10 Å². The molecule has 2 aromatic rings. The highest BCUT2D eigenvalue weighted by Gasteiger charge is 2.43. The minimum Gasteiger partial charge on any atom is -0.457 e. The Balaban J connectivity index is 1.35. The second kappa shape index (κ2) is 11.1. The van der Waals surface area contributed by atoms with Gasteiger partial charge in [0.05, 0.1) is 17.7 Å². The fourth-order valence-electron chi connectivity index (χ4n) is 4.85. The summed E-state index contributed by atoms with van der Waals surface area (Å²) >= 11 is 0. The standard InChI is InChI=1S/C28H33N7O2/c1-33(2)16-7-11-24(36)34-17-6-8-21(18-34)35-28-25(27(29)30-19-31-28)26(32-35)20-12-14-23(15-13-20)37-22-9-4-3-5-10-22/h3-5,7,9-15,19,21,25,27H,6,8,16-18,29H2,1-2H3/b11-7+. The number of piperidine rings is 1. The summed E-state index contributed by atoms with van der Waals surface area (Å²) in [6, 6.07) is 17.6. The molecule has 0 bridgehead atoms. The van der Waals surface area contributed by atoms with Crippen molar-refractivity contribution in [1.29, 1.82) is 0 Å². The molecule has 0 radical (unpaired) electrons. The zero-order valence-corrected chi connectivity index (χ0v) is 21.3. The Kier molecular flexibility index (Phi) is 7.43. The number of hydrogen-bond acceptors (Lipinski definition) is 8. The van der Waals surface area contributed by atoms with Gasteiger partial charge in [-0.1, -0.05) is 24.3 Å². The quantitative estimate of drug-likeness (QED) is 0.591. The molecule has 1 fully saturated rings. The molecule has 3 heterocycles. The van der Waals surface area contributed by atoms with Gasteiger partial charge in [-0.3, -0.25) is 9.79 Å². The lowest BCUT2D eigenvalue weighted by atomic mass is 9.93. The average molecular weight is 500 g/mol. The van der Waals surface area contributed by atoms with Gasteiger partial charge in [0.1, 0.15) is 29.8 Å². The molecule has 192 valence electrons. The van der Waals surface area contributed by atoms with E-state index in [4.69, 9.17) is 15.6 Å². The van der Waals surface area contributed by atoms with Crippen LogP contribution in [-0.4, -0.2) is 84.5 Å². The van der Waals surface area contributed by atoms with Gasteiger partial charge < -0.3 is 20.3 Å². The van der Waals surface area contributed by atoms with Gasteiger partial charge in [0.2, 0.25) is 5.91 Å².